The van der Waals surface area contributed by atoms with Gasteiger partial charge >= 0.3 is 0 Å². The van der Waals surface area contributed by atoms with Gasteiger partial charge in [0.2, 0.25) is 5.91 Å². The van der Waals surface area contributed by atoms with Crippen molar-refractivity contribution in [3.8, 4) is 0 Å². The molecule has 2 aromatic carbocycles. The molecule has 27 heavy (non-hydrogen) atoms. The van der Waals surface area contributed by atoms with Crippen molar-refractivity contribution < 1.29 is 4.79 Å². The minimum absolute atomic E-state index is 0.0534. The van der Waals surface area contributed by atoms with Crippen LogP contribution in [0.4, 0.5) is 0 Å². The van der Waals surface area contributed by atoms with Crippen LogP contribution in [-0.4, -0.2) is 17.4 Å². The molecule has 0 aliphatic carbocycles. The molecular weight excluding hydrogens is 402 g/mol. The Balaban J connectivity index is 1.64. The van der Waals surface area contributed by atoms with Crippen molar-refractivity contribution in [1.29, 1.82) is 0 Å². The quantitative estimate of drug-likeness (QED) is 0.591. The average molecular weight is 424 g/mol. The zero-order chi connectivity index (χ0) is 19.1. The summed E-state index contributed by atoms with van der Waals surface area (Å²) in [7, 11) is 0. The molecule has 2 unspecified atom stereocenters. The molecule has 3 rings (SSSR count). The highest BCUT2D eigenvalue weighted by Gasteiger charge is 2.17. The first kappa shape index (κ1) is 19.3. The molecule has 0 bridgehead atoms. The van der Waals surface area contributed by atoms with Crippen molar-refractivity contribution in [1.82, 2.24) is 15.6 Å². The summed E-state index contributed by atoms with van der Waals surface area (Å²) >= 11 is 3.43. The highest BCUT2D eigenvalue weighted by atomic mass is 79.9. The second-order valence-corrected chi connectivity index (χ2v) is 7.24. The lowest BCUT2D eigenvalue weighted by molar-refractivity contribution is -0.121. The lowest BCUT2D eigenvalue weighted by atomic mass is 10.0. The van der Waals surface area contributed by atoms with Gasteiger partial charge in [0.15, 0.2) is 0 Å². The minimum Gasteiger partial charge on any atom is -0.348 e. The molecule has 138 valence electrons. The van der Waals surface area contributed by atoms with Crippen molar-refractivity contribution in [2.24, 2.45) is 0 Å². The van der Waals surface area contributed by atoms with Gasteiger partial charge < -0.3 is 5.32 Å². The van der Waals surface area contributed by atoms with Crippen LogP contribution in [0.5, 0.6) is 0 Å². The van der Waals surface area contributed by atoms with Crippen LogP contribution in [0.15, 0.2) is 83.5 Å². The first-order valence-electron chi connectivity index (χ1n) is 8.87. The van der Waals surface area contributed by atoms with Gasteiger partial charge in [-0.25, -0.2) is 0 Å². The molecule has 5 heteroatoms. The summed E-state index contributed by atoms with van der Waals surface area (Å²) in [4.78, 5) is 16.9. The topological polar surface area (TPSA) is 54.0 Å². The zero-order valence-electron chi connectivity index (χ0n) is 15.1. The van der Waals surface area contributed by atoms with Gasteiger partial charge in [-0.2, -0.15) is 0 Å². The van der Waals surface area contributed by atoms with Crippen molar-refractivity contribution in [2.75, 3.05) is 6.54 Å². The number of hydrogen-bond donors (Lipinski definition) is 2. The van der Waals surface area contributed by atoms with E-state index in [9.17, 15) is 4.79 Å². The van der Waals surface area contributed by atoms with Crippen LogP contribution >= 0.6 is 15.9 Å². The molecule has 2 atom stereocenters. The highest BCUT2D eigenvalue weighted by Crippen LogP contribution is 2.20. The predicted octanol–water partition coefficient (Wildman–Crippen LogP) is 4.40. The van der Waals surface area contributed by atoms with Crippen LogP contribution in [0.3, 0.4) is 0 Å². The fourth-order valence-corrected chi connectivity index (χ4v) is 3.17. The summed E-state index contributed by atoms with van der Waals surface area (Å²) in [6.45, 7) is 2.19. The summed E-state index contributed by atoms with van der Waals surface area (Å²) in [6.07, 6.45) is 1.77. The van der Waals surface area contributed by atoms with Crippen LogP contribution in [0, 0.1) is 0 Å². The molecule has 4 nitrogen and oxygen atoms in total. The van der Waals surface area contributed by atoms with E-state index in [4.69, 9.17) is 0 Å². The van der Waals surface area contributed by atoms with Gasteiger partial charge in [-0.15, -0.1) is 0 Å². The Morgan fingerprint density at radius 1 is 0.963 bits per heavy atom. The fraction of sp³-hybridized carbons (Fsp3) is 0.182. The third-order valence-corrected chi connectivity index (χ3v) is 4.86. The molecule has 0 saturated heterocycles. The molecule has 0 saturated carbocycles. The molecule has 1 amide bonds. The maximum absolute atomic E-state index is 12.5. The van der Waals surface area contributed by atoms with E-state index in [-0.39, 0.29) is 24.5 Å². The SMILES string of the molecule is CC(NC(=O)CNC(c1ccccc1)c1ccccn1)c1ccc(Br)cc1. The van der Waals surface area contributed by atoms with Gasteiger partial charge in [0.1, 0.15) is 0 Å². The monoisotopic (exact) mass is 423 g/mol. The number of pyridine rings is 1. The Bertz CT molecular complexity index is 814. The molecule has 1 aromatic heterocycles. The minimum atomic E-state index is -0.138. The molecule has 2 N–H and O–H groups in total. The van der Waals surface area contributed by atoms with Gasteiger partial charge in [0.25, 0.3) is 0 Å². The predicted molar refractivity (Wildman–Crippen MR) is 111 cm³/mol. The third-order valence-electron chi connectivity index (χ3n) is 4.33. The number of carbonyl (C=O) groups is 1. The van der Waals surface area contributed by atoms with Gasteiger partial charge in [-0.05, 0) is 42.3 Å². The first-order chi connectivity index (χ1) is 13.1. The molecule has 0 fully saturated rings. The van der Waals surface area contributed by atoms with E-state index in [1.165, 1.54) is 0 Å². The summed E-state index contributed by atoms with van der Waals surface area (Å²) in [5, 5.41) is 6.37. The number of halogens is 1. The van der Waals surface area contributed by atoms with E-state index in [0.717, 1.165) is 21.3 Å². The average Bonchev–Trinajstić information content (AvgIpc) is 2.70. The Kier molecular flexibility index (Phi) is 6.74. The van der Waals surface area contributed by atoms with Crippen molar-refractivity contribution in [2.45, 2.75) is 19.0 Å². The van der Waals surface area contributed by atoms with E-state index in [1.54, 1.807) is 6.20 Å². The number of aromatic nitrogens is 1. The Morgan fingerprint density at radius 2 is 1.67 bits per heavy atom. The van der Waals surface area contributed by atoms with Crippen molar-refractivity contribution in [3.05, 3.63) is 100 Å². The van der Waals surface area contributed by atoms with E-state index < -0.39 is 0 Å². The molecule has 1 heterocycles. The number of rotatable bonds is 7. The van der Waals surface area contributed by atoms with Gasteiger partial charge in [0, 0.05) is 10.7 Å². The Hall–Kier alpha value is -2.50. The summed E-state index contributed by atoms with van der Waals surface area (Å²) in [5.41, 5.74) is 3.03. The first-order valence-corrected chi connectivity index (χ1v) is 9.67. The summed E-state index contributed by atoms with van der Waals surface area (Å²) < 4.78 is 1.02. The second kappa shape index (κ2) is 9.44. The number of nitrogens with one attached hydrogen (secondary N) is 2. The summed E-state index contributed by atoms with van der Waals surface area (Å²) in [6, 6.07) is 23.6. The number of hydrogen-bond acceptors (Lipinski definition) is 3. The normalized spacial score (nSPS) is 13.0. The zero-order valence-corrected chi connectivity index (χ0v) is 16.7. The lowest BCUT2D eigenvalue weighted by Crippen LogP contribution is -2.37. The van der Waals surface area contributed by atoms with Gasteiger partial charge in [0.05, 0.1) is 24.3 Å². The number of nitrogens with zero attached hydrogens (tertiary/aromatic N) is 1. The maximum atomic E-state index is 12.5. The van der Waals surface area contributed by atoms with E-state index >= 15 is 0 Å². The number of amides is 1. The van der Waals surface area contributed by atoms with Crippen LogP contribution < -0.4 is 10.6 Å². The molecule has 0 aliphatic heterocycles. The molecule has 0 spiro atoms. The van der Waals surface area contributed by atoms with E-state index in [2.05, 4.69) is 31.5 Å². The van der Waals surface area contributed by atoms with Crippen molar-refractivity contribution >= 4 is 21.8 Å². The van der Waals surface area contributed by atoms with Crippen LogP contribution in [0.1, 0.15) is 35.8 Å². The van der Waals surface area contributed by atoms with E-state index in [0.29, 0.717) is 0 Å². The molecular formula is C22H22BrN3O. The van der Waals surface area contributed by atoms with Crippen LogP contribution in [0.25, 0.3) is 0 Å². The molecule has 3 aromatic rings. The summed E-state index contributed by atoms with van der Waals surface area (Å²) in [5.74, 6) is -0.0534. The fourth-order valence-electron chi connectivity index (χ4n) is 2.91. The Morgan fingerprint density at radius 3 is 2.33 bits per heavy atom. The Labute approximate surface area is 168 Å². The smallest absolute Gasteiger partial charge is 0.234 e. The standard InChI is InChI=1S/C22H22BrN3O/c1-16(17-10-12-19(23)13-11-17)26-21(27)15-25-22(18-7-3-2-4-8-18)20-9-5-6-14-24-20/h2-14,16,22,25H,15H2,1H3,(H,26,27). The van der Waals surface area contributed by atoms with Crippen LogP contribution in [0.2, 0.25) is 0 Å². The molecule has 0 aliphatic rings. The van der Waals surface area contributed by atoms with Gasteiger partial charge in [-0.3, -0.25) is 15.1 Å². The second-order valence-electron chi connectivity index (χ2n) is 6.32. The largest absolute Gasteiger partial charge is 0.348 e. The van der Waals surface area contributed by atoms with Gasteiger partial charge in [-0.1, -0.05) is 64.5 Å². The van der Waals surface area contributed by atoms with Crippen molar-refractivity contribution in [3.63, 3.8) is 0 Å². The van der Waals surface area contributed by atoms with Crippen LogP contribution in [-0.2, 0) is 4.79 Å². The third kappa shape index (κ3) is 5.49. The number of carbonyl (C=O) groups excluding carboxylic acids is 1. The molecule has 0 radical (unpaired) electrons. The highest BCUT2D eigenvalue weighted by molar-refractivity contribution is 9.10. The maximum Gasteiger partial charge on any atom is 0.234 e. The lowest BCUT2D eigenvalue weighted by Gasteiger charge is -2.20. The van der Waals surface area contributed by atoms with E-state index in [1.807, 2.05) is 79.7 Å². The number of benzene rings is 2.